The molecule has 0 aliphatic heterocycles. The maximum Gasteiger partial charge on any atom is 0.224 e. The van der Waals surface area contributed by atoms with E-state index in [9.17, 15) is 0 Å². The molecule has 5 N–H and O–H groups in total. The molecule has 3 aromatic rings. The average Bonchev–Trinajstić information content (AvgIpc) is 2.73. The first-order chi connectivity index (χ1) is 8.63. The van der Waals surface area contributed by atoms with E-state index in [0.717, 1.165) is 11.1 Å². The second kappa shape index (κ2) is 3.69. The first-order valence-corrected chi connectivity index (χ1v) is 5.49. The molecular weight excluding hydrogens is 228 g/mol. The zero-order valence-corrected chi connectivity index (χ0v) is 9.81. The lowest BCUT2D eigenvalue weighted by Gasteiger charge is -1.97. The monoisotopic (exact) mass is 240 g/mol. The lowest BCUT2D eigenvalue weighted by atomic mass is 10.1. The van der Waals surface area contributed by atoms with Gasteiger partial charge in [0.15, 0.2) is 17.0 Å². The summed E-state index contributed by atoms with van der Waals surface area (Å²) >= 11 is 0. The average molecular weight is 240 g/mol. The van der Waals surface area contributed by atoms with Crippen LogP contribution < -0.4 is 11.5 Å². The van der Waals surface area contributed by atoms with E-state index in [1.54, 1.807) is 0 Å². The summed E-state index contributed by atoms with van der Waals surface area (Å²) in [7, 11) is 0. The Labute approximate surface area is 103 Å². The first-order valence-electron chi connectivity index (χ1n) is 5.49. The normalized spacial score (nSPS) is 10.9. The standard InChI is InChI=1S/C12H12N6/c1-6-3-2-4-7(5-6)10-15-8-9(13)16-12(14)18-11(8)17-10/h2-5H,1H3,(H5,13,14,15,16,17,18). The van der Waals surface area contributed by atoms with Crippen LogP contribution in [0, 0.1) is 6.92 Å². The van der Waals surface area contributed by atoms with Crippen LogP contribution in [0.4, 0.5) is 11.8 Å². The second-order valence-electron chi connectivity index (χ2n) is 4.12. The quantitative estimate of drug-likeness (QED) is 0.597. The number of rotatable bonds is 1. The van der Waals surface area contributed by atoms with E-state index < -0.39 is 0 Å². The smallest absolute Gasteiger partial charge is 0.224 e. The molecule has 0 fully saturated rings. The van der Waals surface area contributed by atoms with Crippen molar-refractivity contribution in [1.29, 1.82) is 0 Å². The number of anilines is 2. The van der Waals surface area contributed by atoms with E-state index in [0.29, 0.717) is 17.0 Å². The molecule has 0 radical (unpaired) electrons. The molecule has 18 heavy (non-hydrogen) atoms. The van der Waals surface area contributed by atoms with Crippen LogP contribution in [-0.2, 0) is 0 Å². The summed E-state index contributed by atoms with van der Waals surface area (Å²) in [5, 5.41) is 0. The molecule has 0 aliphatic carbocycles. The van der Waals surface area contributed by atoms with Gasteiger partial charge in [-0.15, -0.1) is 0 Å². The van der Waals surface area contributed by atoms with Crippen molar-refractivity contribution >= 4 is 22.9 Å². The molecule has 0 spiro atoms. The number of nitrogens with one attached hydrogen (secondary N) is 1. The van der Waals surface area contributed by atoms with Crippen molar-refractivity contribution < 1.29 is 0 Å². The van der Waals surface area contributed by atoms with Crippen molar-refractivity contribution in [2.75, 3.05) is 11.5 Å². The van der Waals surface area contributed by atoms with Gasteiger partial charge in [-0.05, 0) is 13.0 Å². The first kappa shape index (κ1) is 10.5. The summed E-state index contributed by atoms with van der Waals surface area (Å²) < 4.78 is 0. The number of aromatic nitrogens is 4. The van der Waals surface area contributed by atoms with Crippen molar-refractivity contribution in [2.24, 2.45) is 0 Å². The number of hydrogen-bond donors (Lipinski definition) is 3. The maximum absolute atomic E-state index is 5.76. The minimum atomic E-state index is 0.138. The lowest BCUT2D eigenvalue weighted by molar-refractivity contribution is 1.22. The molecule has 0 saturated heterocycles. The molecule has 2 aromatic heterocycles. The molecule has 0 unspecified atom stereocenters. The topological polar surface area (TPSA) is 106 Å². The summed E-state index contributed by atoms with van der Waals surface area (Å²) in [6.07, 6.45) is 0. The Kier molecular flexibility index (Phi) is 2.16. The molecule has 3 rings (SSSR count). The van der Waals surface area contributed by atoms with E-state index in [1.165, 1.54) is 0 Å². The largest absolute Gasteiger partial charge is 0.382 e. The molecule has 0 saturated carbocycles. The summed E-state index contributed by atoms with van der Waals surface area (Å²) in [4.78, 5) is 15.5. The number of H-pyrrole nitrogens is 1. The minimum Gasteiger partial charge on any atom is -0.382 e. The number of nitrogen functional groups attached to an aromatic ring is 2. The highest BCUT2D eigenvalue weighted by molar-refractivity contribution is 5.85. The van der Waals surface area contributed by atoms with Crippen molar-refractivity contribution in [3.8, 4) is 11.4 Å². The highest BCUT2D eigenvalue weighted by atomic mass is 15.1. The highest BCUT2D eigenvalue weighted by Gasteiger charge is 2.10. The minimum absolute atomic E-state index is 0.138. The summed E-state index contributed by atoms with van der Waals surface area (Å²) in [5.74, 6) is 1.13. The Morgan fingerprint density at radius 1 is 1.11 bits per heavy atom. The number of imidazole rings is 1. The summed E-state index contributed by atoms with van der Waals surface area (Å²) in [6, 6.07) is 8.00. The number of aromatic amines is 1. The van der Waals surface area contributed by atoms with Gasteiger partial charge in [0.05, 0.1) is 0 Å². The predicted molar refractivity (Wildman–Crippen MR) is 70.7 cm³/mol. The molecule has 0 aliphatic rings. The zero-order valence-electron chi connectivity index (χ0n) is 9.81. The number of hydrogen-bond acceptors (Lipinski definition) is 5. The Morgan fingerprint density at radius 2 is 1.94 bits per heavy atom. The Balaban J connectivity index is 2.22. The van der Waals surface area contributed by atoms with Gasteiger partial charge in [0.25, 0.3) is 0 Å². The van der Waals surface area contributed by atoms with Gasteiger partial charge in [0.2, 0.25) is 5.95 Å². The number of nitrogens with two attached hydrogens (primary N) is 2. The van der Waals surface area contributed by atoms with E-state index >= 15 is 0 Å². The molecule has 1 aromatic carbocycles. The van der Waals surface area contributed by atoms with Gasteiger partial charge in [-0.3, -0.25) is 0 Å². The number of nitrogens with zero attached hydrogens (tertiary/aromatic N) is 3. The van der Waals surface area contributed by atoms with Gasteiger partial charge in [0.1, 0.15) is 5.82 Å². The van der Waals surface area contributed by atoms with E-state index in [-0.39, 0.29) is 11.8 Å². The van der Waals surface area contributed by atoms with Gasteiger partial charge < -0.3 is 16.5 Å². The van der Waals surface area contributed by atoms with E-state index in [4.69, 9.17) is 11.5 Å². The Bertz CT molecular complexity index is 731. The fourth-order valence-corrected chi connectivity index (χ4v) is 1.87. The zero-order chi connectivity index (χ0) is 12.7. The Hall–Kier alpha value is -2.63. The second-order valence-corrected chi connectivity index (χ2v) is 4.12. The van der Waals surface area contributed by atoms with Gasteiger partial charge >= 0.3 is 0 Å². The van der Waals surface area contributed by atoms with Crippen molar-refractivity contribution in [3.63, 3.8) is 0 Å². The summed E-state index contributed by atoms with van der Waals surface area (Å²) in [6.45, 7) is 2.03. The predicted octanol–water partition coefficient (Wildman–Crippen LogP) is 1.49. The third-order valence-electron chi connectivity index (χ3n) is 2.68. The molecule has 6 nitrogen and oxygen atoms in total. The molecule has 0 amide bonds. The molecule has 2 heterocycles. The lowest BCUT2D eigenvalue weighted by Crippen LogP contribution is -1.99. The van der Waals surface area contributed by atoms with Crippen LogP contribution in [0.3, 0.4) is 0 Å². The maximum atomic E-state index is 5.76. The van der Waals surface area contributed by atoms with Crippen LogP contribution >= 0.6 is 0 Å². The third kappa shape index (κ3) is 1.64. The fraction of sp³-hybridized carbons (Fsp3) is 0.0833. The number of benzene rings is 1. The molecular formula is C12H12N6. The van der Waals surface area contributed by atoms with Crippen LogP contribution in [0.25, 0.3) is 22.6 Å². The van der Waals surface area contributed by atoms with Gasteiger partial charge in [-0.1, -0.05) is 23.8 Å². The van der Waals surface area contributed by atoms with Gasteiger partial charge in [-0.25, -0.2) is 4.98 Å². The molecule has 6 heteroatoms. The molecule has 90 valence electrons. The van der Waals surface area contributed by atoms with Crippen molar-refractivity contribution in [2.45, 2.75) is 6.92 Å². The van der Waals surface area contributed by atoms with Crippen LogP contribution in [0.15, 0.2) is 24.3 Å². The summed E-state index contributed by atoms with van der Waals surface area (Å²) in [5.41, 5.74) is 14.5. The highest BCUT2D eigenvalue weighted by Crippen LogP contribution is 2.23. The Morgan fingerprint density at radius 3 is 2.72 bits per heavy atom. The molecule has 0 bridgehead atoms. The van der Waals surface area contributed by atoms with Crippen LogP contribution in [0.1, 0.15) is 5.56 Å². The van der Waals surface area contributed by atoms with E-state index in [2.05, 4.69) is 19.9 Å². The van der Waals surface area contributed by atoms with Crippen LogP contribution in [0.5, 0.6) is 0 Å². The van der Waals surface area contributed by atoms with Crippen LogP contribution in [0.2, 0.25) is 0 Å². The number of aryl methyl sites for hydroxylation is 1. The number of fused-ring (bicyclic) bond motifs is 1. The fourth-order valence-electron chi connectivity index (χ4n) is 1.87. The third-order valence-corrected chi connectivity index (χ3v) is 2.68. The SMILES string of the molecule is Cc1cccc(-c2nc3c(N)nc(N)nc3[nH]2)c1. The van der Waals surface area contributed by atoms with Gasteiger partial charge in [0, 0.05) is 5.56 Å². The van der Waals surface area contributed by atoms with Crippen molar-refractivity contribution in [3.05, 3.63) is 29.8 Å². The van der Waals surface area contributed by atoms with Gasteiger partial charge in [-0.2, -0.15) is 9.97 Å². The van der Waals surface area contributed by atoms with Crippen molar-refractivity contribution in [1.82, 2.24) is 19.9 Å². The van der Waals surface area contributed by atoms with E-state index in [1.807, 2.05) is 31.2 Å². The molecule has 0 atom stereocenters. The van der Waals surface area contributed by atoms with Crippen LogP contribution in [-0.4, -0.2) is 19.9 Å².